The molecule has 0 aliphatic rings. The maximum atomic E-state index is 13.5. The standard InChI is InChI=1S/C27H38FN3O2/c1-18(2)19(3)31(25(32)16-27(4,5)6)17-21-15-23(12-13-24(21)30(7)8)29-26(33)20-10-9-11-22(28)14-20/h9-15,18-19H,16-17H2,1-8H3,(H,29,33). The summed E-state index contributed by atoms with van der Waals surface area (Å²) in [5.41, 5.74) is 2.65. The van der Waals surface area contributed by atoms with E-state index in [4.69, 9.17) is 0 Å². The topological polar surface area (TPSA) is 52.7 Å². The van der Waals surface area contributed by atoms with E-state index in [-0.39, 0.29) is 28.8 Å². The molecule has 0 spiro atoms. The van der Waals surface area contributed by atoms with Crippen molar-refractivity contribution in [2.75, 3.05) is 24.3 Å². The average molecular weight is 456 g/mol. The van der Waals surface area contributed by atoms with Crippen molar-refractivity contribution in [2.45, 2.75) is 60.5 Å². The van der Waals surface area contributed by atoms with Gasteiger partial charge in [0.05, 0.1) is 0 Å². The SMILES string of the molecule is CC(C)C(C)N(Cc1cc(NC(=O)c2cccc(F)c2)ccc1N(C)C)C(=O)CC(C)(C)C. The van der Waals surface area contributed by atoms with E-state index in [0.29, 0.717) is 24.6 Å². The van der Waals surface area contributed by atoms with Crippen LogP contribution < -0.4 is 10.2 Å². The predicted octanol–water partition coefficient (Wildman–Crippen LogP) is 5.95. The number of rotatable bonds is 8. The van der Waals surface area contributed by atoms with Crippen LogP contribution in [0.4, 0.5) is 15.8 Å². The fraction of sp³-hybridized carbons (Fsp3) is 0.481. The molecule has 0 aliphatic heterocycles. The van der Waals surface area contributed by atoms with Gasteiger partial charge in [0.2, 0.25) is 5.91 Å². The molecule has 2 aromatic rings. The Morgan fingerprint density at radius 3 is 2.24 bits per heavy atom. The molecule has 0 saturated heterocycles. The van der Waals surface area contributed by atoms with Crippen molar-refractivity contribution in [3.05, 3.63) is 59.4 Å². The monoisotopic (exact) mass is 455 g/mol. The summed E-state index contributed by atoms with van der Waals surface area (Å²) in [5.74, 6) is -0.425. The normalized spacial score (nSPS) is 12.4. The van der Waals surface area contributed by atoms with Crippen molar-refractivity contribution in [1.82, 2.24) is 4.90 Å². The highest BCUT2D eigenvalue weighted by Crippen LogP contribution is 2.29. The second-order valence-electron chi connectivity index (χ2n) is 10.4. The van der Waals surface area contributed by atoms with Crippen molar-refractivity contribution in [1.29, 1.82) is 0 Å². The van der Waals surface area contributed by atoms with Gasteiger partial charge in [0.1, 0.15) is 5.82 Å². The zero-order valence-corrected chi connectivity index (χ0v) is 21.2. The van der Waals surface area contributed by atoms with Crippen molar-refractivity contribution < 1.29 is 14.0 Å². The van der Waals surface area contributed by atoms with Crippen LogP contribution in [0.25, 0.3) is 0 Å². The molecular weight excluding hydrogens is 417 g/mol. The largest absolute Gasteiger partial charge is 0.377 e. The maximum Gasteiger partial charge on any atom is 0.255 e. The number of carbonyl (C=O) groups excluding carboxylic acids is 2. The minimum Gasteiger partial charge on any atom is -0.377 e. The van der Waals surface area contributed by atoms with E-state index < -0.39 is 5.82 Å². The molecule has 2 aromatic carbocycles. The van der Waals surface area contributed by atoms with Crippen LogP contribution in [0, 0.1) is 17.2 Å². The number of amides is 2. The zero-order chi connectivity index (χ0) is 24.9. The Morgan fingerprint density at radius 2 is 1.70 bits per heavy atom. The van der Waals surface area contributed by atoms with Crippen LogP contribution in [-0.4, -0.2) is 36.9 Å². The molecule has 0 heterocycles. The molecule has 180 valence electrons. The molecule has 0 aromatic heterocycles. The summed E-state index contributed by atoms with van der Waals surface area (Å²) in [7, 11) is 3.91. The van der Waals surface area contributed by atoms with Crippen LogP contribution in [0.15, 0.2) is 42.5 Å². The first kappa shape index (κ1) is 26.4. The van der Waals surface area contributed by atoms with Crippen molar-refractivity contribution in [3.8, 4) is 0 Å². The molecule has 0 fully saturated rings. The van der Waals surface area contributed by atoms with Crippen LogP contribution in [0.1, 0.15) is 63.9 Å². The quantitative estimate of drug-likeness (QED) is 0.535. The number of anilines is 2. The zero-order valence-electron chi connectivity index (χ0n) is 21.2. The molecule has 1 unspecified atom stereocenters. The van der Waals surface area contributed by atoms with Crippen LogP contribution in [0.5, 0.6) is 0 Å². The van der Waals surface area contributed by atoms with Crippen LogP contribution >= 0.6 is 0 Å². The molecule has 1 atom stereocenters. The number of halogens is 1. The maximum absolute atomic E-state index is 13.5. The van der Waals surface area contributed by atoms with E-state index >= 15 is 0 Å². The summed E-state index contributed by atoms with van der Waals surface area (Å²) < 4.78 is 13.5. The predicted molar refractivity (Wildman–Crippen MR) is 134 cm³/mol. The van der Waals surface area contributed by atoms with Gasteiger partial charge in [-0.25, -0.2) is 4.39 Å². The Hall–Kier alpha value is -2.89. The van der Waals surface area contributed by atoms with Crippen molar-refractivity contribution >= 4 is 23.2 Å². The fourth-order valence-corrected chi connectivity index (χ4v) is 3.62. The number of hydrogen-bond acceptors (Lipinski definition) is 3. The number of nitrogens with one attached hydrogen (secondary N) is 1. The second kappa shape index (κ2) is 10.8. The van der Waals surface area contributed by atoms with E-state index in [9.17, 15) is 14.0 Å². The van der Waals surface area contributed by atoms with Gasteiger partial charge in [0.15, 0.2) is 0 Å². The van der Waals surface area contributed by atoms with E-state index in [0.717, 1.165) is 11.3 Å². The average Bonchev–Trinajstić information content (AvgIpc) is 2.70. The third-order valence-corrected chi connectivity index (χ3v) is 5.70. The Kier molecular flexibility index (Phi) is 8.64. The molecular formula is C27H38FN3O2. The van der Waals surface area contributed by atoms with Gasteiger partial charge >= 0.3 is 0 Å². The van der Waals surface area contributed by atoms with Gasteiger partial charge in [0, 0.05) is 50.0 Å². The molecule has 0 saturated carbocycles. The van der Waals surface area contributed by atoms with Gasteiger partial charge in [0.25, 0.3) is 5.91 Å². The minimum atomic E-state index is -0.457. The molecule has 0 bridgehead atoms. The Balaban J connectivity index is 2.38. The Labute approximate surface area is 198 Å². The molecule has 2 rings (SSSR count). The highest BCUT2D eigenvalue weighted by molar-refractivity contribution is 6.04. The summed E-state index contributed by atoms with van der Waals surface area (Å²) in [4.78, 5) is 29.8. The highest BCUT2D eigenvalue weighted by atomic mass is 19.1. The van der Waals surface area contributed by atoms with E-state index in [1.807, 2.05) is 42.1 Å². The minimum absolute atomic E-state index is 0.0559. The van der Waals surface area contributed by atoms with Gasteiger partial charge in [-0.15, -0.1) is 0 Å². The molecule has 5 nitrogen and oxygen atoms in total. The Bertz CT molecular complexity index is 980. The lowest BCUT2D eigenvalue weighted by Crippen LogP contribution is -2.42. The van der Waals surface area contributed by atoms with Gasteiger partial charge < -0.3 is 15.1 Å². The van der Waals surface area contributed by atoms with Gasteiger partial charge in [-0.1, -0.05) is 40.7 Å². The molecule has 0 radical (unpaired) electrons. The van der Waals surface area contributed by atoms with Gasteiger partial charge in [-0.2, -0.15) is 0 Å². The lowest BCUT2D eigenvalue weighted by molar-refractivity contribution is -0.136. The fourth-order valence-electron chi connectivity index (χ4n) is 3.62. The molecule has 2 amide bonds. The van der Waals surface area contributed by atoms with E-state index in [2.05, 4.69) is 46.9 Å². The van der Waals surface area contributed by atoms with Crippen LogP contribution in [0.3, 0.4) is 0 Å². The highest BCUT2D eigenvalue weighted by Gasteiger charge is 2.27. The first-order valence-corrected chi connectivity index (χ1v) is 11.4. The summed E-state index contributed by atoms with van der Waals surface area (Å²) in [6, 6.07) is 11.3. The van der Waals surface area contributed by atoms with Crippen molar-refractivity contribution in [3.63, 3.8) is 0 Å². The summed E-state index contributed by atoms with van der Waals surface area (Å²) in [5, 5.41) is 2.86. The number of nitrogens with zero attached hydrogens (tertiary/aromatic N) is 2. The summed E-state index contributed by atoms with van der Waals surface area (Å²) in [6.07, 6.45) is 0.456. The first-order valence-electron chi connectivity index (χ1n) is 11.4. The molecule has 0 aliphatic carbocycles. The number of carbonyl (C=O) groups is 2. The smallest absolute Gasteiger partial charge is 0.255 e. The number of hydrogen-bond donors (Lipinski definition) is 1. The molecule has 6 heteroatoms. The first-order chi connectivity index (χ1) is 15.3. The van der Waals surface area contributed by atoms with Crippen molar-refractivity contribution in [2.24, 2.45) is 11.3 Å². The third-order valence-electron chi connectivity index (χ3n) is 5.70. The van der Waals surface area contributed by atoms with E-state index in [1.54, 1.807) is 6.07 Å². The van der Waals surface area contributed by atoms with Gasteiger partial charge in [-0.05, 0) is 60.2 Å². The molecule has 33 heavy (non-hydrogen) atoms. The second-order valence-corrected chi connectivity index (χ2v) is 10.4. The van der Waals surface area contributed by atoms with E-state index in [1.165, 1.54) is 18.2 Å². The molecule has 1 N–H and O–H groups in total. The summed E-state index contributed by atoms with van der Waals surface area (Å²) >= 11 is 0. The lowest BCUT2D eigenvalue weighted by atomic mass is 9.90. The van der Waals surface area contributed by atoms with Gasteiger partial charge in [-0.3, -0.25) is 9.59 Å². The Morgan fingerprint density at radius 1 is 1.03 bits per heavy atom. The number of benzene rings is 2. The van der Waals surface area contributed by atoms with Crippen LogP contribution in [-0.2, 0) is 11.3 Å². The summed E-state index contributed by atoms with van der Waals surface area (Å²) in [6.45, 7) is 12.9. The lowest BCUT2D eigenvalue weighted by Gasteiger charge is -2.35. The van der Waals surface area contributed by atoms with Crippen LogP contribution in [0.2, 0.25) is 0 Å². The third kappa shape index (κ3) is 7.58.